The van der Waals surface area contributed by atoms with Crippen molar-refractivity contribution < 1.29 is 13.2 Å². The van der Waals surface area contributed by atoms with Crippen LogP contribution in [0, 0.1) is 11.6 Å². The number of nitrogens with zero attached hydrogens (tertiary/aromatic N) is 2. The van der Waals surface area contributed by atoms with E-state index in [-0.39, 0.29) is 17.4 Å². The summed E-state index contributed by atoms with van der Waals surface area (Å²) in [5.74, 6) is -1.26. The van der Waals surface area contributed by atoms with E-state index in [4.69, 9.17) is 4.42 Å². The first kappa shape index (κ1) is 12.2. The molecule has 6 heteroatoms. The molecule has 1 aromatic carbocycles. The molecule has 0 radical (unpaired) electrons. The summed E-state index contributed by atoms with van der Waals surface area (Å²) < 4.78 is 32.8. The third kappa shape index (κ3) is 2.36. The standard InChI is InChI=1S/C11H9BrF2N2O/c1-5(2)10-15-16-11(17-10)9-7(13)3-6(12)4-8(9)14/h3-5H,1-2H3. The molecule has 0 saturated carbocycles. The summed E-state index contributed by atoms with van der Waals surface area (Å²) in [6.07, 6.45) is 0. The van der Waals surface area contributed by atoms with E-state index in [2.05, 4.69) is 26.1 Å². The molecule has 2 aromatic rings. The lowest BCUT2D eigenvalue weighted by Gasteiger charge is -2.01. The first-order valence-electron chi connectivity index (χ1n) is 4.97. The molecule has 3 nitrogen and oxygen atoms in total. The van der Waals surface area contributed by atoms with Gasteiger partial charge >= 0.3 is 0 Å². The van der Waals surface area contributed by atoms with Crippen LogP contribution in [0.1, 0.15) is 25.7 Å². The van der Waals surface area contributed by atoms with Crippen molar-refractivity contribution in [3.05, 3.63) is 34.1 Å². The Morgan fingerprint density at radius 2 is 1.76 bits per heavy atom. The molecule has 0 N–H and O–H groups in total. The van der Waals surface area contributed by atoms with Gasteiger partial charge in [0.2, 0.25) is 5.89 Å². The van der Waals surface area contributed by atoms with Gasteiger partial charge in [-0.3, -0.25) is 0 Å². The van der Waals surface area contributed by atoms with Gasteiger partial charge in [-0.25, -0.2) is 8.78 Å². The zero-order valence-corrected chi connectivity index (χ0v) is 10.8. The predicted molar refractivity (Wildman–Crippen MR) is 61.4 cm³/mol. The Kier molecular flexibility index (Phi) is 3.24. The number of hydrogen-bond donors (Lipinski definition) is 0. The van der Waals surface area contributed by atoms with E-state index < -0.39 is 11.6 Å². The fourth-order valence-corrected chi connectivity index (χ4v) is 1.72. The summed E-state index contributed by atoms with van der Waals surface area (Å²) in [4.78, 5) is 0. The van der Waals surface area contributed by atoms with Gasteiger partial charge in [0.15, 0.2) is 0 Å². The Bertz CT molecular complexity index is 531. The summed E-state index contributed by atoms with van der Waals surface area (Å²) in [6.45, 7) is 3.71. The molecule has 0 aliphatic rings. The van der Waals surface area contributed by atoms with Crippen LogP contribution >= 0.6 is 15.9 Å². The van der Waals surface area contributed by atoms with E-state index in [0.29, 0.717) is 10.4 Å². The number of halogens is 3. The average Bonchev–Trinajstić information content (AvgIpc) is 2.65. The van der Waals surface area contributed by atoms with E-state index in [0.717, 1.165) is 12.1 Å². The van der Waals surface area contributed by atoms with E-state index in [1.54, 1.807) is 0 Å². The van der Waals surface area contributed by atoms with Crippen molar-refractivity contribution in [2.45, 2.75) is 19.8 Å². The predicted octanol–water partition coefficient (Wildman–Crippen LogP) is 3.90. The van der Waals surface area contributed by atoms with Crippen LogP contribution in [-0.2, 0) is 0 Å². The van der Waals surface area contributed by atoms with E-state index in [1.165, 1.54) is 0 Å². The fraction of sp³-hybridized carbons (Fsp3) is 0.273. The van der Waals surface area contributed by atoms with Crippen molar-refractivity contribution in [1.82, 2.24) is 10.2 Å². The summed E-state index contributed by atoms with van der Waals surface area (Å²) in [5, 5.41) is 7.38. The number of aromatic nitrogens is 2. The molecule has 90 valence electrons. The lowest BCUT2D eigenvalue weighted by molar-refractivity contribution is 0.473. The second-order valence-corrected chi connectivity index (χ2v) is 4.76. The highest BCUT2D eigenvalue weighted by Gasteiger charge is 2.19. The third-order valence-corrected chi connectivity index (χ3v) is 2.61. The molecule has 0 atom stereocenters. The van der Waals surface area contributed by atoms with Gasteiger partial charge in [0, 0.05) is 10.4 Å². The largest absolute Gasteiger partial charge is 0.420 e. The Morgan fingerprint density at radius 3 is 2.24 bits per heavy atom. The van der Waals surface area contributed by atoms with E-state index in [1.807, 2.05) is 13.8 Å². The van der Waals surface area contributed by atoms with Crippen LogP contribution in [0.15, 0.2) is 21.0 Å². The van der Waals surface area contributed by atoms with Crippen LogP contribution in [0.25, 0.3) is 11.5 Å². The normalized spacial score (nSPS) is 11.2. The molecule has 0 unspecified atom stereocenters. The lowest BCUT2D eigenvalue weighted by Crippen LogP contribution is -1.90. The molecule has 1 aromatic heterocycles. The van der Waals surface area contributed by atoms with Crippen molar-refractivity contribution in [3.8, 4) is 11.5 Å². The highest BCUT2D eigenvalue weighted by molar-refractivity contribution is 9.10. The van der Waals surface area contributed by atoms with Gasteiger partial charge in [0.05, 0.1) is 0 Å². The number of benzene rings is 1. The molecule has 2 rings (SSSR count). The van der Waals surface area contributed by atoms with E-state index >= 15 is 0 Å². The molecule has 1 heterocycles. The minimum Gasteiger partial charge on any atom is -0.420 e. The van der Waals surface area contributed by atoms with Crippen molar-refractivity contribution in [3.63, 3.8) is 0 Å². The van der Waals surface area contributed by atoms with Crippen LogP contribution in [0.2, 0.25) is 0 Å². The SMILES string of the molecule is CC(C)c1nnc(-c2c(F)cc(Br)cc2F)o1. The topological polar surface area (TPSA) is 38.9 Å². The van der Waals surface area contributed by atoms with Crippen molar-refractivity contribution in [1.29, 1.82) is 0 Å². The van der Waals surface area contributed by atoms with Gasteiger partial charge in [0.25, 0.3) is 5.89 Å². The smallest absolute Gasteiger partial charge is 0.253 e. The van der Waals surface area contributed by atoms with Gasteiger partial charge < -0.3 is 4.42 Å². The minimum absolute atomic E-state index is 0.0119. The van der Waals surface area contributed by atoms with Crippen molar-refractivity contribution >= 4 is 15.9 Å². The van der Waals surface area contributed by atoms with Gasteiger partial charge in [0.1, 0.15) is 17.2 Å². The second kappa shape index (κ2) is 4.52. The Hall–Kier alpha value is -1.30. The molecule has 0 spiro atoms. The third-order valence-electron chi connectivity index (χ3n) is 2.16. The van der Waals surface area contributed by atoms with Crippen LogP contribution in [-0.4, -0.2) is 10.2 Å². The van der Waals surface area contributed by atoms with Gasteiger partial charge in [-0.15, -0.1) is 10.2 Å². The average molecular weight is 303 g/mol. The summed E-state index contributed by atoms with van der Waals surface area (Å²) >= 11 is 3.00. The lowest BCUT2D eigenvalue weighted by atomic mass is 10.2. The fourth-order valence-electron chi connectivity index (χ4n) is 1.32. The van der Waals surface area contributed by atoms with Crippen LogP contribution in [0.4, 0.5) is 8.78 Å². The van der Waals surface area contributed by atoms with Crippen LogP contribution in [0.5, 0.6) is 0 Å². The molecule has 0 saturated heterocycles. The second-order valence-electron chi connectivity index (χ2n) is 3.84. The van der Waals surface area contributed by atoms with Crippen LogP contribution in [0.3, 0.4) is 0 Å². The zero-order chi connectivity index (χ0) is 12.6. The van der Waals surface area contributed by atoms with Crippen molar-refractivity contribution in [2.24, 2.45) is 0 Å². The molecular weight excluding hydrogens is 294 g/mol. The maximum Gasteiger partial charge on any atom is 0.253 e. The van der Waals surface area contributed by atoms with Gasteiger partial charge in [-0.05, 0) is 12.1 Å². The zero-order valence-electron chi connectivity index (χ0n) is 9.17. The molecule has 0 fully saturated rings. The molecule has 17 heavy (non-hydrogen) atoms. The van der Waals surface area contributed by atoms with Crippen molar-refractivity contribution in [2.75, 3.05) is 0 Å². The van der Waals surface area contributed by atoms with Gasteiger partial charge in [-0.2, -0.15) is 0 Å². The monoisotopic (exact) mass is 302 g/mol. The molecule has 0 aliphatic carbocycles. The van der Waals surface area contributed by atoms with E-state index in [9.17, 15) is 8.78 Å². The first-order valence-corrected chi connectivity index (χ1v) is 5.76. The minimum atomic E-state index is -0.740. The first-order chi connectivity index (χ1) is 7.99. The summed E-state index contributed by atoms with van der Waals surface area (Å²) in [5.41, 5.74) is -0.299. The number of hydrogen-bond acceptors (Lipinski definition) is 3. The number of rotatable bonds is 2. The molecule has 0 bridgehead atoms. The van der Waals surface area contributed by atoms with Gasteiger partial charge in [-0.1, -0.05) is 29.8 Å². The maximum absolute atomic E-state index is 13.6. The highest BCUT2D eigenvalue weighted by atomic mass is 79.9. The Morgan fingerprint density at radius 1 is 1.18 bits per heavy atom. The Labute approximate surface area is 105 Å². The summed E-state index contributed by atoms with van der Waals surface area (Å²) in [6, 6.07) is 2.30. The summed E-state index contributed by atoms with van der Waals surface area (Å²) in [7, 11) is 0. The van der Waals surface area contributed by atoms with Crippen LogP contribution < -0.4 is 0 Å². The highest BCUT2D eigenvalue weighted by Crippen LogP contribution is 2.29. The molecule has 0 aliphatic heterocycles. The molecular formula is C11H9BrF2N2O. The molecule has 0 amide bonds. The Balaban J connectivity index is 2.52. The quantitative estimate of drug-likeness (QED) is 0.844. The maximum atomic E-state index is 13.6.